The van der Waals surface area contributed by atoms with E-state index in [4.69, 9.17) is 27.6 Å². The molecule has 2 nitrogen and oxygen atoms in total. The van der Waals surface area contributed by atoms with Gasteiger partial charge in [0, 0.05) is 22.0 Å². The van der Waals surface area contributed by atoms with E-state index in [9.17, 15) is 0 Å². The Morgan fingerprint density at radius 2 is 1.90 bits per heavy atom. The van der Waals surface area contributed by atoms with E-state index in [1.807, 2.05) is 36.4 Å². The largest absolute Gasteiger partial charge is 0.459 e. The average Bonchev–Trinajstić information content (AvgIpc) is 2.90. The van der Waals surface area contributed by atoms with Gasteiger partial charge in [-0.05, 0) is 36.8 Å². The summed E-state index contributed by atoms with van der Waals surface area (Å²) in [6, 6.07) is 15.7. The van der Waals surface area contributed by atoms with Crippen molar-refractivity contribution in [2.24, 2.45) is 0 Å². The molecule has 0 amide bonds. The lowest BCUT2D eigenvalue weighted by molar-refractivity contribution is 0.451. The van der Waals surface area contributed by atoms with Crippen LogP contribution in [0.3, 0.4) is 0 Å². The molecule has 0 aliphatic heterocycles. The van der Waals surface area contributed by atoms with Gasteiger partial charge in [0.15, 0.2) is 0 Å². The summed E-state index contributed by atoms with van der Waals surface area (Å²) in [5.74, 6) is 0.918. The van der Waals surface area contributed by atoms with Gasteiger partial charge in [-0.15, -0.1) is 0 Å². The average molecular weight is 320 g/mol. The summed E-state index contributed by atoms with van der Waals surface area (Å²) in [5.41, 5.74) is 1.93. The van der Waals surface area contributed by atoms with Crippen LogP contribution < -0.4 is 5.32 Å². The molecule has 1 atom stereocenters. The van der Waals surface area contributed by atoms with Crippen LogP contribution in [0, 0.1) is 0 Å². The Kier molecular flexibility index (Phi) is 4.20. The van der Waals surface area contributed by atoms with Crippen molar-refractivity contribution < 1.29 is 4.42 Å². The van der Waals surface area contributed by atoms with Crippen LogP contribution in [0.4, 0.5) is 0 Å². The highest BCUT2D eigenvalue weighted by Crippen LogP contribution is 2.25. The fourth-order valence-electron chi connectivity index (χ4n) is 2.24. The van der Waals surface area contributed by atoms with E-state index in [1.165, 1.54) is 0 Å². The van der Waals surface area contributed by atoms with Gasteiger partial charge in [0.25, 0.3) is 0 Å². The quantitative estimate of drug-likeness (QED) is 0.678. The van der Waals surface area contributed by atoms with Crippen LogP contribution in [0.1, 0.15) is 24.3 Å². The molecule has 0 spiro atoms. The lowest BCUT2D eigenvalue weighted by Crippen LogP contribution is -2.17. The molecule has 1 N–H and O–H groups in total. The molecule has 108 valence electrons. The smallest absolute Gasteiger partial charge is 0.134 e. The maximum atomic E-state index is 6.18. The zero-order chi connectivity index (χ0) is 14.8. The predicted molar refractivity (Wildman–Crippen MR) is 87.9 cm³/mol. The number of nitrogens with one attached hydrogen (secondary N) is 1. The third-order valence-electron chi connectivity index (χ3n) is 3.49. The molecule has 3 aromatic rings. The molecule has 0 aliphatic rings. The number of hydrogen-bond donors (Lipinski definition) is 1. The van der Waals surface area contributed by atoms with Crippen LogP contribution in [0.2, 0.25) is 10.0 Å². The van der Waals surface area contributed by atoms with Gasteiger partial charge in [0.1, 0.15) is 11.3 Å². The fourth-order valence-corrected chi connectivity index (χ4v) is 2.72. The second kappa shape index (κ2) is 6.10. The van der Waals surface area contributed by atoms with Gasteiger partial charge >= 0.3 is 0 Å². The molecule has 1 unspecified atom stereocenters. The molecule has 0 saturated heterocycles. The first kappa shape index (κ1) is 14.5. The first-order valence-electron chi connectivity index (χ1n) is 6.79. The van der Waals surface area contributed by atoms with Gasteiger partial charge in [-0.2, -0.15) is 0 Å². The zero-order valence-electron chi connectivity index (χ0n) is 11.6. The Hall–Kier alpha value is -1.48. The molecule has 3 rings (SSSR count). The summed E-state index contributed by atoms with van der Waals surface area (Å²) in [6.07, 6.45) is 0. The number of benzene rings is 2. The summed E-state index contributed by atoms with van der Waals surface area (Å²) in [6.45, 7) is 2.73. The predicted octanol–water partition coefficient (Wildman–Crippen LogP) is 5.59. The van der Waals surface area contributed by atoms with E-state index in [-0.39, 0.29) is 6.04 Å². The number of furan rings is 1. The van der Waals surface area contributed by atoms with Crippen LogP contribution in [0.25, 0.3) is 11.0 Å². The summed E-state index contributed by atoms with van der Waals surface area (Å²) in [7, 11) is 0. The number of hydrogen-bond acceptors (Lipinski definition) is 2. The molecule has 0 aliphatic carbocycles. The van der Waals surface area contributed by atoms with Gasteiger partial charge in [0.2, 0.25) is 0 Å². The van der Waals surface area contributed by atoms with Crippen molar-refractivity contribution in [1.29, 1.82) is 0 Å². The maximum Gasteiger partial charge on any atom is 0.134 e. The van der Waals surface area contributed by atoms with Crippen LogP contribution in [0.15, 0.2) is 52.9 Å². The molecular formula is C17H15Cl2NO. The van der Waals surface area contributed by atoms with Crippen molar-refractivity contribution in [2.75, 3.05) is 0 Å². The summed E-state index contributed by atoms with van der Waals surface area (Å²) in [5, 5.41) is 5.85. The molecular weight excluding hydrogens is 305 g/mol. The van der Waals surface area contributed by atoms with Crippen molar-refractivity contribution in [1.82, 2.24) is 5.32 Å². The topological polar surface area (TPSA) is 25.2 Å². The number of halogens is 2. The van der Waals surface area contributed by atoms with Crippen molar-refractivity contribution in [3.63, 3.8) is 0 Å². The Bertz CT molecular complexity index is 733. The highest BCUT2D eigenvalue weighted by molar-refractivity contribution is 6.35. The molecule has 1 heterocycles. The minimum Gasteiger partial charge on any atom is -0.459 e. The third kappa shape index (κ3) is 3.24. The van der Waals surface area contributed by atoms with Gasteiger partial charge in [-0.1, -0.05) is 47.5 Å². The molecule has 4 heteroatoms. The number of fused-ring (bicyclic) bond motifs is 1. The first-order chi connectivity index (χ1) is 10.1. The highest BCUT2D eigenvalue weighted by Gasteiger charge is 2.11. The van der Waals surface area contributed by atoms with E-state index in [1.54, 1.807) is 6.07 Å². The van der Waals surface area contributed by atoms with Gasteiger partial charge in [-0.3, -0.25) is 0 Å². The molecule has 2 aromatic carbocycles. The van der Waals surface area contributed by atoms with Gasteiger partial charge in [-0.25, -0.2) is 0 Å². The molecule has 0 radical (unpaired) electrons. The van der Waals surface area contributed by atoms with Crippen molar-refractivity contribution >= 4 is 34.2 Å². The van der Waals surface area contributed by atoms with Gasteiger partial charge < -0.3 is 9.73 Å². The minimum atomic E-state index is 0.101. The molecule has 0 fully saturated rings. The Morgan fingerprint density at radius 3 is 2.67 bits per heavy atom. The Labute approximate surface area is 133 Å². The van der Waals surface area contributed by atoms with E-state index in [0.29, 0.717) is 16.6 Å². The number of para-hydroxylation sites is 1. The Balaban J connectivity index is 1.72. The van der Waals surface area contributed by atoms with Crippen molar-refractivity contribution in [3.05, 3.63) is 69.9 Å². The second-order valence-corrected chi connectivity index (χ2v) is 5.87. The third-order valence-corrected chi connectivity index (χ3v) is 4.07. The zero-order valence-corrected chi connectivity index (χ0v) is 13.1. The van der Waals surface area contributed by atoms with E-state index in [0.717, 1.165) is 22.3 Å². The standard InChI is InChI=1S/C17H15Cl2NO/c1-11(17-8-12-4-2-3-5-16(12)21-17)20-10-13-6-7-14(18)9-15(13)19/h2-9,11,20H,10H2,1H3. The second-order valence-electron chi connectivity index (χ2n) is 5.02. The monoisotopic (exact) mass is 319 g/mol. The van der Waals surface area contributed by atoms with Crippen LogP contribution in [-0.2, 0) is 6.54 Å². The first-order valence-corrected chi connectivity index (χ1v) is 7.55. The summed E-state index contributed by atoms with van der Waals surface area (Å²) < 4.78 is 5.85. The molecule has 0 saturated carbocycles. The van der Waals surface area contributed by atoms with E-state index in [2.05, 4.69) is 18.3 Å². The maximum absolute atomic E-state index is 6.18. The normalized spacial score (nSPS) is 12.7. The lowest BCUT2D eigenvalue weighted by Gasteiger charge is -2.12. The summed E-state index contributed by atoms with van der Waals surface area (Å²) in [4.78, 5) is 0. The van der Waals surface area contributed by atoms with Crippen LogP contribution in [0.5, 0.6) is 0 Å². The molecule has 1 aromatic heterocycles. The highest BCUT2D eigenvalue weighted by atomic mass is 35.5. The number of rotatable bonds is 4. The van der Waals surface area contributed by atoms with E-state index < -0.39 is 0 Å². The Morgan fingerprint density at radius 1 is 1.10 bits per heavy atom. The van der Waals surface area contributed by atoms with Crippen molar-refractivity contribution in [2.45, 2.75) is 19.5 Å². The van der Waals surface area contributed by atoms with Gasteiger partial charge in [0.05, 0.1) is 6.04 Å². The minimum absolute atomic E-state index is 0.101. The van der Waals surface area contributed by atoms with Crippen molar-refractivity contribution in [3.8, 4) is 0 Å². The van der Waals surface area contributed by atoms with Crippen LogP contribution in [-0.4, -0.2) is 0 Å². The SMILES string of the molecule is CC(NCc1ccc(Cl)cc1Cl)c1cc2ccccc2o1. The lowest BCUT2D eigenvalue weighted by atomic mass is 10.2. The summed E-state index contributed by atoms with van der Waals surface area (Å²) >= 11 is 12.1. The van der Waals surface area contributed by atoms with E-state index >= 15 is 0 Å². The fraction of sp³-hybridized carbons (Fsp3) is 0.176. The molecule has 0 bridgehead atoms. The van der Waals surface area contributed by atoms with Crippen LogP contribution >= 0.6 is 23.2 Å². The molecule has 21 heavy (non-hydrogen) atoms.